The summed E-state index contributed by atoms with van der Waals surface area (Å²) < 4.78 is 36.7. The molecule has 0 N–H and O–H groups in total. The van der Waals surface area contributed by atoms with Gasteiger partial charge in [-0.2, -0.15) is 0 Å². The summed E-state index contributed by atoms with van der Waals surface area (Å²) >= 11 is 5.41. The maximum Gasteiger partial charge on any atom is 0.338 e. The van der Waals surface area contributed by atoms with Crippen molar-refractivity contribution in [3.05, 3.63) is 54.6 Å². The van der Waals surface area contributed by atoms with E-state index in [0.717, 1.165) is 0 Å². The minimum Gasteiger partial charge on any atom is -0.461 e. The molecule has 10 heteroatoms. The van der Waals surface area contributed by atoms with Crippen LogP contribution in [0.1, 0.15) is 24.2 Å². The summed E-state index contributed by atoms with van der Waals surface area (Å²) in [7, 11) is 1.51. The van der Waals surface area contributed by atoms with Crippen LogP contribution in [-0.4, -0.2) is 70.9 Å². The summed E-state index contributed by atoms with van der Waals surface area (Å²) in [6.07, 6.45) is 1.54. The number of thiocarbonyl (C=S) groups is 1. The Hall–Kier alpha value is -2.37. The molecule has 0 radical (unpaired) electrons. The van der Waals surface area contributed by atoms with Crippen molar-refractivity contribution in [1.29, 1.82) is 0 Å². The van der Waals surface area contributed by atoms with Crippen molar-refractivity contribution in [2.75, 3.05) is 13.7 Å². The van der Waals surface area contributed by atoms with Crippen LogP contribution in [0, 0.1) is 0 Å². The van der Waals surface area contributed by atoms with E-state index in [1.807, 2.05) is 6.07 Å². The number of hydrogen-bond donors (Lipinski definition) is 0. The van der Waals surface area contributed by atoms with Crippen molar-refractivity contribution >= 4 is 23.4 Å². The first-order chi connectivity index (χ1) is 14.9. The van der Waals surface area contributed by atoms with E-state index >= 15 is 0 Å². The third-order valence-electron chi connectivity index (χ3n) is 5.00. The Bertz CT molecular complexity index is 906. The minimum absolute atomic E-state index is 0.0855. The number of benzene rings is 1. The zero-order valence-electron chi connectivity index (χ0n) is 17.4. The van der Waals surface area contributed by atoms with Crippen LogP contribution in [0.3, 0.4) is 0 Å². The summed E-state index contributed by atoms with van der Waals surface area (Å²) in [4.78, 5) is 16.4. The highest BCUT2D eigenvalue weighted by Gasteiger charge is 2.57. The summed E-state index contributed by atoms with van der Waals surface area (Å²) in [6.45, 7) is 3.51. The molecule has 9 nitrogen and oxygen atoms in total. The average molecular weight is 448 g/mol. The molecule has 2 aliphatic rings. The molecule has 0 unspecified atom stereocenters. The van der Waals surface area contributed by atoms with E-state index in [-0.39, 0.29) is 11.8 Å². The van der Waals surface area contributed by atoms with Gasteiger partial charge in [0.05, 0.1) is 5.56 Å². The quantitative estimate of drug-likeness (QED) is 0.504. The number of hydrogen-bond acceptors (Lipinski definition) is 9. The topological polar surface area (TPSA) is 90.3 Å². The van der Waals surface area contributed by atoms with E-state index in [1.165, 1.54) is 13.4 Å². The van der Waals surface area contributed by atoms with E-state index in [1.54, 1.807) is 55.1 Å². The van der Waals surface area contributed by atoms with E-state index in [9.17, 15) is 4.79 Å². The largest absolute Gasteiger partial charge is 0.461 e. The third-order valence-corrected chi connectivity index (χ3v) is 5.31. The zero-order chi connectivity index (χ0) is 22.0. The highest BCUT2D eigenvalue weighted by molar-refractivity contribution is 7.80. The predicted molar refractivity (Wildman–Crippen MR) is 111 cm³/mol. The highest BCUT2D eigenvalue weighted by Crippen LogP contribution is 2.39. The van der Waals surface area contributed by atoms with Gasteiger partial charge in [0.1, 0.15) is 31.2 Å². The Morgan fingerprint density at radius 3 is 2.65 bits per heavy atom. The second-order valence-electron chi connectivity index (χ2n) is 7.63. The normalized spacial score (nSPS) is 29.2. The molecule has 31 heavy (non-hydrogen) atoms. The van der Waals surface area contributed by atoms with E-state index < -0.39 is 42.5 Å². The Balaban J connectivity index is 1.54. The number of carbonyl (C=O) groups excluding carboxylic acids is 1. The summed E-state index contributed by atoms with van der Waals surface area (Å²) in [5.41, 5.74) is 0.437. The molecule has 2 aliphatic heterocycles. The van der Waals surface area contributed by atoms with Crippen molar-refractivity contribution < 1.29 is 33.2 Å². The Kier molecular flexibility index (Phi) is 6.35. The Morgan fingerprint density at radius 1 is 1.23 bits per heavy atom. The highest BCUT2D eigenvalue weighted by atomic mass is 32.1. The zero-order valence-corrected chi connectivity index (χ0v) is 18.2. The van der Waals surface area contributed by atoms with E-state index in [4.69, 9.17) is 40.6 Å². The number of ether oxygens (including phenoxy) is 6. The van der Waals surface area contributed by atoms with Crippen molar-refractivity contribution in [2.45, 2.75) is 50.3 Å². The lowest BCUT2D eigenvalue weighted by Crippen LogP contribution is -2.59. The monoisotopic (exact) mass is 448 g/mol. The smallest absolute Gasteiger partial charge is 0.338 e. The molecule has 2 fully saturated rings. The SMILES string of the molecule is CO[C@@H]1O[C@H](COC(=O)c2ccccc2)[C@H](OC(=S)n2ccnc2)[C@@H]2OC(C)(C)O[C@H]12. The first-order valence-electron chi connectivity index (χ1n) is 9.83. The van der Waals surface area contributed by atoms with Crippen LogP contribution < -0.4 is 0 Å². The maximum atomic E-state index is 12.4. The fraction of sp³-hybridized carbons (Fsp3) is 0.476. The molecule has 0 saturated carbocycles. The number of methoxy groups -OCH3 is 1. The molecule has 2 aromatic rings. The van der Waals surface area contributed by atoms with Crippen molar-refractivity contribution in [3.63, 3.8) is 0 Å². The van der Waals surface area contributed by atoms with Crippen molar-refractivity contribution in [3.8, 4) is 0 Å². The molecule has 3 heterocycles. The molecule has 4 rings (SSSR count). The lowest BCUT2D eigenvalue weighted by atomic mass is 9.99. The van der Waals surface area contributed by atoms with Gasteiger partial charge in [0.25, 0.3) is 5.17 Å². The van der Waals surface area contributed by atoms with Gasteiger partial charge in [0.2, 0.25) is 0 Å². The van der Waals surface area contributed by atoms with Gasteiger partial charge < -0.3 is 28.4 Å². The van der Waals surface area contributed by atoms with Gasteiger partial charge in [-0.1, -0.05) is 18.2 Å². The van der Waals surface area contributed by atoms with Gasteiger partial charge in [0.15, 0.2) is 18.2 Å². The first-order valence-corrected chi connectivity index (χ1v) is 10.2. The van der Waals surface area contributed by atoms with Gasteiger partial charge in [-0.3, -0.25) is 4.57 Å². The van der Waals surface area contributed by atoms with Crippen LogP contribution in [0.25, 0.3) is 0 Å². The van der Waals surface area contributed by atoms with Gasteiger partial charge in [-0.05, 0) is 38.2 Å². The number of aromatic nitrogens is 2. The number of esters is 1. The number of carbonyl (C=O) groups is 1. The fourth-order valence-electron chi connectivity index (χ4n) is 3.65. The molecule has 0 bridgehead atoms. The average Bonchev–Trinajstić information content (AvgIpc) is 3.40. The molecule has 5 atom stereocenters. The molecule has 2 saturated heterocycles. The Morgan fingerprint density at radius 2 is 1.97 bits per heavy atom. The van der Waals surface area contributed by atoms with Gasteiger partial charge >= 0.3 is 5.97 Å². The number of fused-ring (bicyclic) bond motifs is 1. The molecule has 0 spiro atoms. The van der Waals surface area contributed by atoms with Gasteiger partial charge in [0, 0.05) is 19.5 Å². The minimum atomic E-state index is -0.872. The lowest BCUT2D eigenvalue weighted by Gasteiger charge is -2.41. The maximum absolute atomic E-state index is 12.4. The van der Waals surface area contributed by atoms with Crippen LogP contribution in [0.2, 0.25) is 0 Å². The predicted octanol–water partition coefficient (Wildman–Crippen LogP) is 2.15. The molecular formula is C21H24N2O7S. The molecule has 0 aliphatic carbocycles. The molecule has 1 aromatic heterocycles. The number of imidazole rings is 1. The standard InChI is InChI=1S/C21H24N2O7S/c1-21(2)29-16-15(28-20(31)23-10-9-22-12-23)14(27-19(25-3)17(16)30-21)11-26-18(24)13-7-5-4-6-8-13/h4-10,12,14-17,19H,11H2,1-3H3/t14-,15+,16+,17+,19-/m1/s1. The third kappa shape index (κ3) is 4.78. The van der Waals surface area contributed by atoms with Crippen LogP contribution in [0.15, 0.2) is 49.1 Å². The van der Waals surface area contributed by atoms with Gasteiger partial charge in [-0.15, -0.1) is 0 Å². The van der Waals surface area contributed by atoms with Crippen LogP contribution in [-0.2, 0) is 28.4 Å². The van der Waals surface area contributed by atoms with Crippen LogP contribution in [0.5, 0.6) is 0 Å². The molecular weight excluding hydrogens is 424 g/mol. The fourth-order valence-corrected chi connectivity index (χ4v) is 3.87. The molecule has 1 aromatic carbocycles. The number of nitrogens with zero attached hydrogens (tertiary/aromatic N) is 2. The number of rotatable bonds is 5. The summed E-state index contributed by atoms with van der Waals surface area (Å²) in [6, 6.07) is 8.71. The second kappa shape index (κ2) is 9.01. The summed E-state index contributed by atoms with van der Waals surface area (Å²) in [5.74, 6) is -1.34. The second-order valence-corrected chi connectivity index (χ2v) is 7.98. The summed E-state index contributed by atoms with van der Waals surface area (Å²) in [5, 5.41) is 0.161. The van der Waals surface area contributed by atoms with Gasteiger partial charge in [-0.25, -0.2) is 9.78 Å². The van der Waals surface area contributed by atoms with E-state index in [0.29, 0.717) is 5.56 Å². The van der Waals surface area contributed by atoms with Crippen molar-refractivity contribution in [2.24, 2.45) is 0 Å². The van der Waals surface area contributed by atoms with E-state index in [2.05, 4.69) is 4.98 Å². The lowest BCUT2D eigenvalue weighted by molar-refractivity contribution is -0.269. The Labute approximate surface area is 185 Å². The van der Waals surface area contributed by atoms with Crippen molar-refractivity contribution in [1.82, 2.24) is 9.55 Å². The van der Waals surface area contributed by atoms with Crippen LogP contribution >= 0.6 is 12.2 Å². The van der Waals surface area contributed by atoms with Crippen LogP contribution in [0.4, 0.5) is 0 Å². The molecule has 166 valence electrons. The molecule has 0 amide bonds. The first kappa shape index (κ1) is 21.8.